The highest BCUT2D eigenvalue weighted by atomic mass is 16.2. The van der Waals surface area contributed by atoms with Gasteiger partial charge in [-0.25, -0.2) is 4.68 Å². The van der Waals surface area contributed by atoms with Crippen molar-refractivity contribution in [3.63, 3.8) is 0 Å². The monoisotopic (exact) mass is 265 g/mol. The smallest absolute Gasteiger partial charge is 0.244 e. The summed E-state index contributed by atoms with van der Waals surface area (Å²) in [6.07, 6.45) is 4.66. The second-order valence-electron chi connectivity index (χ2n) is 6.21. The number of likely N-dealkylation sites (tertiary alicyclic amines) is 1. The average molecular weight is 265 g/mol. The molecule has 0 saturated carbocycles. The van der Waals surface area contributed by atoms with Crippen LogP contribution in [0, 0.1) is 0 Å². The average Bonchev–Trinajstić information content (AvgIpc) is 2.63. The van der Waals surface area contributed by atoms with E-state index in [4.69, 9.17) is 0 Å². The number of carbonyl (C=O) groups excluding carboxylic acids is 1. The van der Waals surface area contributed by atoms with Gasteiger partial charge in [0, 0.05) is 18.5 Å². The number of rotatable bonds is 2. The van der Waals surface area contributed by atoms with E-state index in [-0.39, 0.29) is 17.9 Å². The normalized spacial score (nSPS) is 17.3. The molecule has 0 N–H and O–H groups in total. The topological polar surface area (TPSA) is 63.9 Å². The quantitative estimate of drug-likeness (QED) is 0.810. The van der Waals surface area contributed by atoms with Crippen LogP contribution in [-0.4, -0.2) is 44.1 Å². The van der Waals surface area contributed by atoms with Gasteiger partial charge in [0.05, 0.1) is 0 Å². The predicted octanol–water partition coefficient (Wildman–Crippen LogP) is 1.37. The molecule has 106 valence electrons. The molecule has 19 heavy (non-hydrogen) atoms. The molecule has 0 atom stereocenters. The van der Waals surface area contributed by atoms with Crippen molar-refractivity contribution in [3.05, 3.63) is 5.82 Å². The number of hydrogen-bond acceptors (Lipinski definition) is 4. The van der Waals surface area contributed by atoms with E-state index in [1.54, 1.807) is 4.68 Å². The molecule has 1 aliphatic rings. The summed E-state index contributed by atoms with van der Waals surface area (Å²) < 4.78 is 1.63. The molecule has 6 heteroatoms. The Balaban J connectivity index is 2.04. The van der Waals surface area contributed by atoms with Crippen LogP contribution < -0.4 is 0 Å². The SMILES string of the molecule is CC(C)(C)c1nnnn1CC(=O)N1CCCCCC1. The highest BCUT2D eigenvalue weighted by Gasteiger charge is 2.24. The molecular weight excluding hydrogens is 242 g/mol. The van der Waals surface area contributed by atoms with Crippen molar-refractivity contribution in [1.29, 1.82) is 0 Å². The Morgan fingerprint density at radius 1 is 1.16 bits per heavy atom. The standard InChI is InChI=1S/C13H23N5O/c1-13(2,3)12-14-15-16-18(12)10-11(19)17-8-6-4-5-7-9-17/h4-10H2,1-3H3. The van der Waals surface area contributed by atoms with Crippen LogP contribution in [0.15, 0.2) is 0 Å². The first-order valence-electron chi connectivity index (χ1n) is 7.03. The number of amides is 1. The minimum Gasteiger partial charge on any atom is -0.341 e. The molecule has 1 fully saturated rings. The van der Waals surface area contributed by atoms with Crippen molar-refractivity contribution in [2.75, 3.05) is 13.1 Å². The molecular formula is C13H23N5O. The van der Waals surface area contributed by atoms with E-state index in [1.165, 1.54) is 12.8 Å². The second kappa shape index (κ2) is 5.67. The molecule has 1 saturated heterocycles. The van der Waals surface area contributed by atoms with E-state index in [0.717, 1.165) is 31.8 Å². The van der Waals surface area contributed by atoms with Gasteiger partial charge in [0.1, 0.15) is 6.54 Å². The molecule has 0 aliphatic carbocycles. The Kier molecular flexibility index (Phi) is 4.17. The van der Waals surface area contributed by atoms with E-state index >= 15 is 0 Å². The largest absolute Gasteiger partial charge is 0.341 e. The maximum absolute atomic E-state index is 12.3. The fourth-order valence-corrected chi connectivity index (χ4v) is 2.40. The van der Waals surface area contributed by atoms with Gasteiger partial charge in [-0.2, -0.15) is 0 Å². The Morgan fingerprint density at radius 3 is 2.37 bits per heavy atom. The molecule has 1 aromatic heterocycles. The lowest BCUT2D eigenvalue weighted by molar-refractivity contribution is -0.132. The van der Waals surface area contributed by atoms with Crippen LogP contribution in [0.3, 0.4) is 0 Å². The van der Waals surface area contributed by atoms with Crippen molar-refractivity contribution >= 4 is 5.91 Å². The third-order valence-electron chi connectivity index (χ3n) is 3.45. The number of carbonyl (C=O) groups is 1. The summed E-state index contributed by atoms with van der Waals surface area (Å²) >= 11 is 0. The molecule has 2 rings (SSSR count). The molecule has 1 aromatic rings. The van der Waals surface area contributed by atoms with E-state index in [1.807, 2.05) is 25.7 Å². The lowest BCUT2D eigenvalue weighted by atomic mass is 9.96. The fraction of sp³-hybridized carbons (Fsp3) is 0.846. The number of tetrazole rings is 1. The summed E-state index contributed by atoms with van der Waals surface area (Å²) in [6, 6.07) is 0. The number of nitrogens with zero attached hydrogens (tertiary/aromatic N) is 5. The lowest BCUT2D eigenvalue weighted by Crippen LogP contribution is -2.36. The maximum Gasteiger partial charge on any atom is 0.244 e. The molecule has 0 unspecified atom stereocenters. The molecule has 2 heterocycles. The molecule has 1 amide bonds. The van der Waals surface area contributed by atoms with Crippen LogP contribution in [0.25, 0.3) is 0 Å². The second-order valence-corrected chi connectivity index (χ2v) is 6.21. The fourth-order valence-electron chi connectivity index (χ4n) is 2.40. The zero-order chi connectivity index (χ0) is 13.9. The van der Waals surface area contributed by atoms with Crippen molar-refractivity contribution in [2.45, 2.75) is 58.4 Å². The number of hydrogen-bond donors (Lipinski definition) is 0. The first-order valence-corrected chi connectivity index (χ1v) is 7.03. The zero-order valence-electron chi connectivity index (χ0n) is 12.1. The lowest BCUT2D eigenvalue weighted by Gasteiger charge is -2.22. The zero-order valence-corrected chi connectivity index (χ0v) is 12.1. The van der Waals surface area contributed by atoms with Crippen LogP contribution in [0.4, 0.5) is 0 Å². The third-order valence-corrected chi connectivity index (χ3v) is 3.45. The predicted molar refractivity (Wildman–Crippen MR) is 71.6 cm³/mol. The summed E-state index contributed by atoms with van der Waals surface area (Å²) in [5.41, 5.74) is -0.150. The highest BCUT2D eigenvalue weighted by molar-refractivity contribution is 5.75. The van der Waals surface area contributed by atoms with Gasteiger partial charge in [0.15, 0.2) is 5.82 Å². The van der Waals surface area contributed by atoms with E-state index in [2.05, 4.69) is 15.5 Å². The summed E-state index contributed by atoms with van der Waals surface area (Å²) in [7, 11) is 0. The number of aromatic nitrogens is 4. The Bertz CT molecular complexity index is 426. The van der Waals surface area contributed by atoms with Crippen LogP contribution in [0.2, 0.25) is 0 Å². The highest BCUT2D eigenvalue weighted by Crippen LogP contribution is 2.18. The van der Waals surface area contributed by atoms with Crippen molar-refractivity contribution < 1.29 is 4.79 Å². The van der Waals surface area contributed by atoms with Gasteiger partial charge in [-0.1, -0.05) is 33.6 Å². The van der Waals surface area contributed by atoms with E-state index < -0.39 is 0 Å². The summed E-state index contributed by atoms with van der Waals surface area (Å²) in [4.78, 5) is 14.3. The minimum atomic E-state index is -0.150. The molecule has 0 bridgehead atoms. The maximum atomic E-state index is 12.3. The van der Waals surface area contributed by atoms with Crippen LogP contribution in [0.5, 0.6) is 0 Å². The van der Waals surface area contributed by atoms with Crippen molar-refractivity contribution in [3.8, 4) is 0 Å². The van der Waals surface area contributed by atoms with Gasteiger partial charge in [-0.05, 0) is 23.3 Å². The minimum absolute atomic E-state index is 0.125. The Labute approximate surface area is 114 Å². The van der Waals surface area contributed by atoms with Crippen LogP contribution in [-0.2, 0) is 16.8 Å². The van der Waals surface area contributed by atoms with Gasteiger partial charge in [0.2, 0.25) is 5.91 Å². The van der Waals surface area contributed by atoms with Gasteiger partial charge in [0.25, 0.3) is 0 Å². The van der Waals surface area contributed by atoms with Crippen molar-refractivity contribution in [2.24, 2.45) is 0 Å². The molecule has 1 aliphatic heterocycles. The van der Waals surface area contributed by atoms with E-state index in [0.29, 0.717) is 0 Å². The van der Waals surface area contributed by atoms with Crippen LogP contribution in [0.1, 0.15) is 52.3 Å². The first-order chi connectivity index (χ1) is 8.98. The summed E-state index contributed by atoms with van der Waals surface area (Å²) in [5.74, 6) is 0.885. The summed E-state index contributed by atoms with van der Waals surface area (Å²) in [5, 5.41) is 11.7. The molecule has 0 spiro atoms. The molecule has 0 aromatic carbocycles. The Hall–Kier alpha value is -1.46. The first kappa shape index (κ1) is 14.0. The Morgan fingerprint density at radius 2 is 1.79 bits per heavy atom. The van der Waals surface area contributed by atoms with Gasteiger partial charge >= 0.3 is 0 Å². The van der Waals surface area contributed by atoms with Crippen LogP contribution >= 0.6 is 0 Å². The molecule has 0 radical (unpaired) electrons. The van der Waals surface area contributed by atoms with E-state index in [9.17, 15) is 4.79 Å². The summed E-state index contributed by atoms with van der Waals surface area (Å²) in [6.45, 7) is 8.13. The third kappa shape index (κ3) is 3.52. The van der Waals surface area contributed by atoms with Gasteiger partial charge in [-0.3, -0.25) is 4.79 Å². The van der Waals surface area contributed by atoms with Gasteiger partial charge in [-0.15, -0.1) is 5.10 Å². The molecule has 6 nitrogen and oxygen atoms in total. The van der Waals surface area contributed by atoms with Crippen molar-refractivity contribution in [1.82, 2.24) is 25.1 Å². The van der Waals surface area contributed by atoms with Gasteiger partial charge < -0.3 is 4.90 Å².